The van der Waals surface area contributed by atoms with Gasteiger partial charge in [0.1, 0.15) is 5.75 Å². The van der Waals surface area contributed by atoms with E-state index in [-0.39, 0.29) is 11.3 Å². The van der Waals surface area contributed by atoms with Crippen LogP contribution in [0.1, 0.15) is 11.1 Å². The van der Waals surface area contributed by atoms with Crippen LogP contribution in [0.4, 0.5) is 27.6 Å². The van der Waals surface area contributed by atoms with Crippen molar-refractivity contribution in [2.75, 3.05) is 12.4 Å². The average Bonchev–Trinajstić information content (AvgIpc) is 2.31. The molecule has 0 spiro atoms. The minimum Gasteiger partial charge on any atom is -0.496 e. The standard InChI is InChI=1S/C12H12F5NO2/c1-6-4-5-8(7(2)9(6)20-3)18-10(19)11(13,14)12(15,16)17/h4-5H,1-3H3,(H,18,19). The van der Waals surface area contributed by atoms with E-state index in [1.807, 2.05) is 0 Å². The quantitative estimate of drug-likeness (QED) is 0.868. The predicted octanol–water partition coefficient (Wildman–Crippen LogP) is 3.45. The zero-order chi connectivity index (χ0) is 15.7. The Morgan fingerprint density at radius 3 is 2.15 bits per heavy atom. The summed E-state index contributed by atoms with van der Waals surface area (Å²) in [5.41, 5.74) is 0.755. The number of aryl methyl sites for hydroxylation is 1. The Labute approximate surface area is 111 Å². The molecule has 0 heterocycles. The normalized spacial score (nSPS) is 12.2. The molecule has 0 unspecified atom stereocenters. The van der Waals surface area contributed by atoms with Crippen LogP contribution in [0, 0.1) is 13.8 Å². The van der Waals surface area contributed by atoms with E-state index in [4.69, 9.17) is 4.74 Å². The number of hydrogen-bond donors (Lipinski definition) is 1. The van der Waals surface area contributed by atoms with Crippen LogP contribution in [0.25, 0.3) is 0 Å². The van der Waals surface area contributed by atoms with E-state index < -0.39 is 18.0 Å². The molecule has 1 rings (SSSR count). The maximum atomic E-state index is 12.8. The van der Waals surface area contributed by atoms with Crippen molar-refractivity contribution >= 4 is 11.6 Å². The highest BCUT2D eigenvalue weighted by molar-refractivity contribution is 5.97. The number of hydrogen-bond acceptors (Lipinski definition) is 2. The molecule has 1 aromatic rings. The first-order chi connectivity index (χ1) is 9.02. The number of amides is 1. The number of nitrogens with one attached hydrogen (secondary N) is 1. The summed E-state index contributed by atoms with van der Waals surface area (Å²) in [5.74, 6) is -7.59. The van der Waals surface area contributed by atoms with Crippen molar-refractivity contribution < 1.29 is 31.5 Å². The Morgan fingerprint density at radius 2 is 1.70 bits per heavy atom. The number of ether oxygens (including phenoxy) is 1. The average molecular weight is 297 g/mol. The summed E-state index contributed by atoms with van der Waals surface area (Å²) in [6.45, 7) is 3.11. The summed E-state index contributed by atoms with van der Waals surface area (Å²) in [6, 6.07) is 2.67. The first kappa shape index (κ1) is 16.2. The molecule has 8 heteroatoms. The zero-order valence-electron chi connectivity index (χ0n) is 10.9. The van der Waals surface area contributed by atoms with Gasteiger partial charge in [0.2, 0.25) is 0 Å². The van der Waals surface area contributed by atoms with Crippen molar-refractivity contribution in [1.82, 2.24) is 0 Å². The number of benzene rings is 1. The van der Waals surface area contributed by atoms with Gasteiger partial charge in [0.25, 0.3) is 0 Å². The van der Waals surface area contributed by atoms with Gasteiger partial charge in [0, 0.05) is 11.3 Å². The van der Waals surface area contributed by atoms with Gasteiger partial charge in [-0.1, -0.05) is 6.07 Å². The number of methoxy groups -OCH3 is 1. The minimum atomic E-state index is -5.94. The fourth-order valence-corrected chi connectivity index (χ4v) is 1.61. The third-order valence-corrected chi connectivity index (χ3v) is 2.70. The molecule has 1 aromatic carbocycles. The molecule has 0 bridgehead atoms. The van der Waals surface area contributed by atoms with Crippen LogP contribution in [0.5, 0.6) is 5.75 Å². The summed E-state index contributed by atoms with van der Waals surface area (Å²) < 4.78 is 66.8. The van der Waals surface area contributed by atoms with Gasteiger partial charge in [-0.05, 0) is 25.5 Å². The first-order valence-electron chi connectivity index (χ1n) is 5.42. The molecular weight excluding hydrogens is 285 g/mol. The van der Waals surface area contributed by atoms with Crippen LogP contribution in [-0.2, 0) is 4.79 Å². The summed E-state index contributed by atoms with van der Waals surface area (Å²) in [7, 11) is 1.32. The minimum absolute atomic E-state index is 0.165. The number of anilines is 1. The van der Waals surface area contributed by atoms with Crippen LogP contribution >= 0.6 is 0 Å². The van der Waals surface area contributed by atoms with E-state index in [1.54, 1.807) is 12.2 Å². The summed E-state index contributed by atoms with van der Waals surface area (Å²) >= 11 is 0. The molecule has 1 amide bonds. The molecule has 0 saturated carbocycles. The third kappa shape index (κ3) is 2.83. The van der Waals surface area contributed by atoms with Crippen LogP contribution in [0.3, 0.4) is 0 Å². The monoisotopic (exact) mass is 297 g/mol. The number of rotatable bonds is 3. The van der Waals surface area contributed by atoms with Gasteiger partial charge in [-0.15, -0.1) is 0 Å². The number of carbonyl (C=O) groups excluding carboxylic acids is 1. The molecule has 0 aliphatic rings. The Balaban J connectivity index is 3.10. The number of carbonyl (C=O) groups is 1. The van der Waals surface area contributed by atoms with Crippen molar-refractivity contribution in [2.24, 2.45) is 0 Å². The van der Waals surface area contributed by atoms with E-state index in [2.05, 4.69) is 0 Å². The molecule has 20 heavy (non-hydrogen) atoms. The highest BCUT2D eigenvalue weighted by Crippen LogP contribution is 2.37. The fourth-order valence-electron chi connectivity index (χ4n) is 1.61. The van der Waals surface area contributed by atoms with Crippen molar-refractivity contribution in [3.05, 3.63) is 23.3 Å². The smallest absolute Gasteiger partial charge is 0.463 e. The molecule has 0 radical (unpaired) electrons. The number of alkyl halides is 5. The van der Waals surface area contributed by atoms with Crippen LogP contribution in [0.2, 0.25) is 0 Å². The van der Waals surface area contributed by atoms with Crippen LogP contribution in [-0.4, -0.2) is 25.1 Å². The molecule has 0 saturated heterocycles. The van der Waals surface area contributed by atoms with E-state index >= 15 is 0 Å². The maximum absolute atomic E-state index is 12.8. The summed E-state index contributed by atoms with van der Waals surface area (Å²) in [6.07, 6.45) is -5.94. The number of halogens is 5. The molecule has 112 valence electrons. The lowest BCUT2D eigenvalue weighted by molar-refractivity contribution is -0.267. The molecule has 0 aliphatic heterocycles. The predicted molar refractivity (Wildman–Crippen MR) is 62.1 cm³/mol. The molecule has 3 nitrogen and oxygen atoms in total. The second-order valence-electron chi connectivity index (χ2n) is 4.11. The lowest BCUT2D eigenvalue weighted by Gasteiger charge is -2.20. The van der Waals surface area contributed by atoms with Gasteiger partial charge in [0.05, 0.1) is 7.11 Å². The van der Waals surface area contributed by atoms with Gasteiger partial charge in [0.15, 0.2) is 0 Å². The van der Waals surface area contributed by atoms with Crippen molar-refractivity contribution in [2.45, 2.75) is 25.9 Å². The Hall–Kier alpha value is -1.86. The molecule has 0 aromatic heterocycles. The summed E-state index contributed by atoms with van der Waals surface area (Å²) in [5, 5.41) is 1.57. The van der Waals surface area contributed by atoms with E-state index in [9.17, 15) is 26.7 Å². The van der Waals surface area contributed by atoms with Gasteiger partial charge in [-0.2, -0.15) is 22.0 Å². The summed E-state index contributed by atoms with van der Waals surface area (Å²) in [4.78, 5) is 11.1. The molecular formula is C12H12F5NO2. The van der Waals surface area contributed by atoms with Gasteiger partial charge in [-0.25, -0.2) is 0 Å². The van der Waals surface area contributed by atoms with Crippen molar-refractivity contribution in [1.29, 1.82) is 0 Å². The first-order valence-corrected chi connectivity index (χ1v) is 5.42. The Morgan fingerprint density at radius 1 is 1.15 bits per heavy atom. The third-order valence-electron chi connectivity index (χ3n) is 2.70. The van der Waals surface area contributed by atoms with E-state index in [0.717, 1.165) is 0 Å². The van der Waals surface area contributed by atoms with Crippen molar-refractivity contribution in [3.63, 3.8) is 0 Å². The van der Waals surface area contributed by atoms with Crippen molar-refractivity contribution in [3.8, 4) is 5.75 Å². The van der Waals surface area contributed by atoms with Gasteiger partial charge < -0.3 is 10.1 Å². The fraction of sp³-hybridized carbons (Fsp3) is 0.417. The second-order valence-corrected chi connectivity index (χ2v) is 4.11. The lowest BCUT2D eigenvalue weighted by atomic mass is 10.1. The Kier molecular flexibility index (Phi) is 4.26. The van der Waals surface area contributed by atoms with E-state index in [0.29, 0.717) is 11.3 Å². The molecule has 0 atom stereocenters. The maximum Gasteiger partial charge on any atom is 0.463 e. The molecule has 0 aliphatic carbocycles. The highest BCUT2D eigenvalue weighted by Gasteiger charge is 2.63. The highest BCUT2D eigenvalue weighted by atomic mass is 19.4. The van der Waals surface area contributed by atoms with Crippen LogP contribution in [0.15, 0.2) is 12.1 Å². The zero-order valence-corrected chi connectivity index (χ0v) is 10.9. The van der Waals surface area contributed by atoms with Crippen LogP contribution < -0.4 is 10.1 Å². The second kappa shape index (κ2) is 5.26. The largest absolute Gasteiger partial charge is 0.496 e. The topological polar surface area (TPSA) is 38.3 Å². The molecule has 0 fully saturated rings. The lowest BCUT2D eigenvalue weighted by Crippen LogP contribution is -2.47. The van der Waals surface area contributed by atoms with Gasteiger partial charge >= 0.3 is 18.0 Å². The Bertz CT molecular complexity index is 525. The molecule has 1 N–H and O–H groups in total. The van der Waals surface area contributed by atoms with E-state index in [1.165, 1.54) is 26.2 Å². The SMILES string of the molecule is COc1c(C)ccc(NC(=O)C(F)(F)C(F)(F)F)c1C. The van der Waals surface area contributed by atoms with Gasteiger partial charge in [-0.3, -0.25) is 4.79 Å².